The van der Waals surface area contributed by atoms with Gasteiger partial charge in [0.15, 0.2) is 0 Å². The molecule has 4 aromatic rings. The van der Waals surface area contributed by atoms with E-state index in [1.165, 1.54) is 5.56 Å². The van der Waals surface area contributed by atoms with Gasteiger partial charge in [-0.3, -0.25) is 0 Å². The van der Waals surface area contributed by atoms with Gasteiger partial charge < -0.3 is 19.0 Å². The van der Waals surface area contributed by atoms with E-state index >= 15 is 0 Å². The molecule has 0 radical (unpaired) electrons. The van der Waals surface area contributed by atoms with Crippen LogP contribution in [0.15, 0.2) is 54.7 Å². The van der Waals surface area contributed by atoms with E-state index in [4.69, 9.17) is 14.5 Å². The van der Waals surface area contributed by atoms with Crippen LogP contribution < -0.4 is 4.74 Å². The molecule has 0 aliphatic carbocycles. The Kier molecular flexibility index (Phi) is 3.89. The summed E-state index contributed by atoms with van der Waals surface area (Å²) in [5.41, 5.74) is 4.36. The van der Waals surface area contributed by atoms with E-state index in [2.05, 4.69) is 33.9 Å². The van der Waals surface area contributed by atoms with Crippen LogP contribution in [0.1, 0.15) is 23.0 Å². The minimum Gasteiger partial charge on any atom is -0.495 e. The molecule has 1 aliphatic rings. The number of H-pyrrole nitrogens is 1. The fourth-order valence-electron chi connectivity index (χ4n) is 3.84. The van der Waals surface area contributed by atoms with E-state index < -0.39 is 0 Å². The smallest absolute Gasteiger partial charge is 0.146 e. The molecule has 0 bridgehead atoms. The maximum atomic E-state index is 9.31. The summed E-state index contributed by atoms with van der Waals surface area (Å²) in [5, 5.41) is 10.2. The van der Waals surface area contributed by atoms with Crippen molar-refractivity contribution in [2.45, 2.75) is 12.6 Å². The number of nitrogens with one attached hydrogen (secondary N) is 1. The van der Waals surface area contributed by atoms with Gasteiger partial charge >= 0.3 is 0 Å². The van der Waals surface area contributed by atoms with Crippen molar-refractivity contribution >= 4 is 10.9 Å². The molecule has 1 aliphatic heterocycles. The van der Waals surface area contributed by atoms with Crippen LogP contribution in [0.25, 0.3) is 22.3 Å². The third-order valence-corrected chi connectivity index (χ3v) is 5.19. The Morgan fingerprint density at radius 3 is 2.89 bits per heavy atom. The first-order chi connectivity index (χ1) is 13.8. The van der Waals surface area contributed by atoms with Crippen molar-refractivity contribution in [1.29, 1.82) is 5.26 Å². The van der Waals surface area contributed by atoms with Crippen LogP contribution in [-0.4, -0.2) is 28.3 Å². The molecule has 2 aromatic heterocycles. The zero-order valence-electron chi connectivity index (χ0n) is 15.3. The number of methoxy groups -OCH3 is 1. The summed E-state index contributed by atoms with van der Waals surface area (Å²) >= 11 is 0. The van der Waals surface area contributed by atoms with E-state index in [9.17, 15) is 5.26 Å². The Bertz CT molecular complexity index is 1200. The van der Waals surface area contributed by atoms with Crippen LogP contribution in [0.5, 0.6) is 5.75 Å². The van der Waals surface area contributed by atoms with Gasteiger partial charge in [0.25, 0.3) is 0 Å². The number of imidazole rings is 1. The van der Waals surface area contributed by atoms with Crippen molar-refractivity contribution in [2.24, 2.45) is 0 Å². The number of ether oxygens (including phenoxy) is 2. The third-order valence-electron chi connectivity index (χ3n) is 5.19. The Hall–Kier alpha value is -3.56. The lowest BCUT2D eigenvalue weighted by Gasteiger charge is -2.25. The minimum absolute atomic E-state index is 0.107. The van der Waals surface area contributed by atoms with E-state index in [0.29, 0.717) is 24.5 Å². The zero-order chi connectivity index (χ0) is 19.1. The highest BCUT2D eigenvalue weighted by Gasteiger charge is 2.24. The first kappa shape index (κ1) is 16.6. The second kappa shape index (κ2) is 6.55. The van der Waals surface area contributed by atoms with E-state index in [0.717, 1.165) is 28.1 Å². The van der Waals surface area contributed by atoms with Gasteiger partial charge in [-0.2, -0.15) is 5.26 Å². The van der Waals surface area contributed by atoms with E-state index in [1.807, 2.05) is 30.3 Å². The standard InChI is InChI=1S/C22H18N4O2/c1-27-22-15(10-23)7-8-17-16(22)9-18(24-17)19-11-26-20(12-28-13-21(26)25-19)14-5-3-2-4-6-14/h2-9,11,20,24H,12-13H2,1H3. The second-order valence-electron chi connectivity index (χ2n) is 6.79. The summed E-state index contributed by atoms with van der Waals surface area (Å²) in [6, 6.07) is 18.2. The number of benzene rings is 2. The number of hydrogen-bond acceptors (Lipinski definition) is 4. The van der Waals surface area contributed by atoms with Gasteiger partial charge in [0, 0.05) is 17.1 Å². The molecule has 1 atom stereocenters. The summed E-state index contributed by atoms with van der Waals surface area (Å²) in [6.07, 6.45) is 2.07. The molecule has 1 N–H and O–H groups in total. The number of nitrogens with zero attached hydrogens (tertiary/aromatic N) is 3. The van der Waals surface area contributed by atoms with Crippen LogP contribution in [-0.2, 0) is 11.3 Å². The van der Waals surface area contributed by atoms with Gasteiger partial charge in [-0.15, -0.1) is 0 Å². The first-order valence-corrected chi connectivity index (χ1v) is 9.09. The predicted molar refractivity (Wildman–Crippen MR) is 105 cm³/mol. The highest BCUT2D eigenvalue weighted by Crippen LogP contribution is 2.34. The lowest BCUT2D eigenvalue weighted by molar-refractivity contribution is 0.0663. The van der Waals surface area contributed by atoms with E-state index in [-0.39, 0.29) is 6.04 Å². The van der Waals surface area contributed by atoms with Crippen LogP contribution in [0.3, 0.4) is 0 Å². The number of nitriles is 1. The number of fused-ring (bicyclic) bond motifs is 2. The highest BCUT2D eigenvalue weighted by molar-refractivity contribution is 5.92. The molecule has 0 saturated heterocycles. The lowest BCUT2D eigenvalue weighted by atomic mass is 10.1. The summed E-state index contributed by atoms with van der Waals surface area (Å²) < 4.78 is 13.4. The molecule has 28 heavy (non-hydrogen) atoms. The quantitative estimate of drug-likeness (QED) is 0.591. The Morgan fingerprint density at radius 2 is 2.11 bits per heavy atom. The van der Waals surface area contributed by atoms with Crippen molar-refractivity contribution < 1.29 is 9.47 Å². The molecule has 0 amide bonds. The molecule has 6 heteroatoms. The molecule has 3 heterocycles. The first-order valence-electron chi connectivity index (χ1n) is 9.09. The predicted octanol–water partition coefficient (Wildman–Crippen LogP) is 4.03. The maximum Gasteiger partial charge on any atom is 0.146 e. The zero-order valence-corrected chi connectivity index (χ0v) is 15.3. The van der Waals surface area contributed by atoms with Crippen LogP contribution in [0, 0.1) is 11.3 Å². The van der Waals surface area contributed by atoms with Crippen LogP contribution >= 0.6 is 0 Å². The van der Waals surface area contributed by atoms with Crippen molar-refractivity contribution in [3.63, 3.8) is 0 Å². The molecule has 5 rings (SSSR count). The molecule has 1 unspecified atom stereocenters. The van der Waals surface area contributed by atoms with Gasteiger partial charge in [-0.25, -0.2) is 4.98 Å². The third kappa shape index (κ3) is 2.56. The Morgan fingerprint density at radius 1 is 1.25 bits per heavy atom. The molecular formula is C22H18N4O2. The van der Waals surface area contributed by atoms with Crippen molar-refractivity contribution in [3.05, 3.63) is 71.7 Å². The average molecular weight is 370 g/mol. The van der Waals surface area contributed by atoms with Crippen LogP contribution in [0.2, 0.25) is 0 Å². The maximum absolute atomic E-state index is 9.31. The topological polar surface area (TPSA) is 75.9 Å². The molecule has 0 saturated carbocycles. The molecule has 2 aromatic carbocycles. The van der Waals surface area contributed by atoms with E-state index in [1.54, 1.807) is 13.2 Å². The van der Waals surface area contributed by atoms with Crippen LogP contribution in [0.4, 0.5) is 0 Å². The molecule has 138 valence electrons. The number of rotatable bonds is 3. The van der Waals surface area contributed by atoms with Crippen molar-refractivity contribution in [2.75, 3.05) is 13.7 Å². The van der Waals surface area contributed by atoms with Gasteiger partial charge in [-0.1, -0.05) is 30.3 Å². The SMILES string of the molecule is COc1c(C#N)ccc2[nH]c(-c3cn4c(n3)COCC4c3ccccc3)cc12. The Balaban J connectivity index is 1.60. The van der Waals surface area contributed by atoms with Gasteiger partial charge in [-0.05, 0) is 23.8 Å². The molecule has 6 nitrogen and oxygen atoms in total. The fourth-order valence-corrected chi connectivity index (χ4v) is 3.84. The fraction of sp³-hybridized carbons (Fsp3) is 0.182. The van der Waals surface area contributed by atoms with Crippen molar-refractivity contribution in [1.82, 2.24) is 14.5 Å². The summed E-state index contributed by atoms with van der Waals surface area (Å²) in [4.78, 5) is 8.19. The lowest BCUT2D eigenvalue weighted by Crippen LogP contribution is -2.24. The van der Waals surface area contributed by atoms with Gasteiger partial charge in [0.05, 0.1) is 31.0 Å². The number of hydrogen-bond donors (Lipinski definition) is 1. The number of aromatic nitrogens is 3. The monoisotopic (exact) mass is 370 g/mol. The summed E-state index contributed by atoms with van der Waals surface area (Å²) in [6.45, 7) is 1.12. The van der Waals surface area contributed by atoms with Gasteiger partial charge in [0.2, 0.25) is 0 Å². The largest absolute Gasteiger partial charge is 0.495 e. The molecule has 0 fully saturated rings. The normalized spacial score (nSPS) is 15.9. The summed E-state index contributed by atoms with van der Waals surface area (Å²) in [5.74, 6) is 1.48. The highest BCUT2D eigenvalue weighted by atomic mass is 16.5. The van der Waals surface area contributed by atoms with Gasteiger partial charge in [0.1, 0.15) is 29.9 Å². The average Bonchev–Trinajstić information content (AvgIpc) is 3.37. The Labute approximate surface area is 162 Å². The minimum atomic E-state index is 0.107. The summed E-state index contributed by atoms with van der Waals surface area (Å²) in [7, 11) is 1.58. The molecule has 0 spiro atoms. The molecular weight excluding hydrogens is 352 g/mol. The number of aromatic amines is 1. The second-order valence-corrected chi connectivity index (χ2v) is 6.79. The van der Waals surface area contributed by atoms with Crippen molar-refractivity contribution in [3.8, 4) is 23.2 Å².